The van der Waals surface area contributed by atoms with E-state index in [2.05, 4.69) is 21.9 Å². The van der Waals surface area contributed by atoms with E-state index in [1.54, 1.807) is 12.1 Å². The molecule has 0 saturated carbocycles. The first-order chi connectivity index (χ1) is 8.24. The lowest BCUT2D eigenvalue weighted by molar-refractivity contribution is 0.0958. The van der Waals surface area contributed by atoms with Gasteiger partial charge in [0.2, 0.25) is 0 Å². The van der Waals surface area contributed by atoms with Gasteiger partial charge < -0.3 is 10.3 Å². The zero-order valence-corrected chi connectivity index (χ0v) is 9.79. The minimum absolute atomic E-state index is 0.0977. The summed E-state index contributed by atoms with van der Waals surface area (Å²) in [6.45, 7) is 6.07. The van der Waals surface area contributed by atoms with Crippen LogP contribution < -0.4 is 5.32 Å². The van der Waals surface area contributed by atoms with Crippen molar-refractivity contribution in [2.45, 2.75) is 13.3 Å². The Morgan fingerprint density at radius 3 is 3.12 bits per heavy atom. The Kier molecular flexibility index (Phi) is 3.23. The summed E-state index contributed by atoms with van der Waals surface area (Å²) in [5.41, 5.74) is 2.42. The number of H-pyrrole nitrogens is 1. The molecule has 0 fully saturated rings. The van der Waals surface area contributed by atoms with Gasteiger partial charge in [-0.1, -0.05) is 13.0 Å². The maximum atomic E-state index is 11.7. The molecule has 0 bridgehead atoms. The Labute approximate surface area is 99.8 Å². The van der Waals surface area contributed by atoms with Gasteiger partial charge in [0.25, 0.3) is 5.91 Å². The third-order valence-electron chi connectivity index (χ3n) is 2.53. The Bertz CT molecular complexity index is 557. The van der Waals surface area contributed by atoms with Gasteiger partial charge in [-0.15, -0.1) is 6.58 Å². The van der Waals surface area contributed by atoms with Gasteiger partial charge >= 0.3 is 0 Å². The van der Waals surface area contributed by atoms with Crippen molar-refractivity contribution in [2.24, 2.45) is 0 Å². The van der Waals surface area contributed by atoms with Crippen LogP contribution in [0.2, 0.25) is 0 Å². The third kappa shape index (κ3) is 2.36. The second-order valence-electron chi connectivity index (χ2n) is 3.77. The average molecular weight is 229 g/mol. The first-order valence-electron chi connectivity index (χ1n) is 5.62. The summed E-state index contributed by atoms with van der Waals surface area (Å²) in [5.74, 6) is 0.836. The summed E-state index contributed by atoms with van der Waals surface area (Å²) < 4.78 is 0. The number of hydrogen-bond donors (Lipinski definition) is 2. The zero-order chi connectivity index (χ0) is 12.3. The molecule has 0 radical (unpaired) electrons. The molecule has 4 nitrogen and oxygen atoms in total. The van der Waals surface area contributed by atoms with Crippen LogP contribution in [0.4, 0.5) is 0 Å². The first kappa shape index (κ1) is 11.4. The van der Waals surface area contributed by atoms with Crippen LogP contribution in [0.3, 0.4) is 0 Å². The van der Waals surface area contributed by atoms with Crippen LogP contribution >= 0.6 is 0 Å². The topological polar surface area (TPSA) is 57.8 Å². The summed E-state index contributed by atoms with van der Waals surface area (Å²) in [5, 5.41) is 2.74. The fourth-order valence-corrected chi connectivity index (χ4v) is 1.64. The molecule has 2 rings (SSSR count). The molecule has 0 atom stereocenters. The van der Waals surface area contributed by atoms with Crippen molar-refractivity contribution in [1.82, 2.24) is 15.3 Å². The van der Waals surface area contributed by atoms with Crippen molar-refractivity contribution < 1.29 is 4.79 Å². The second kappa shape index (κ2) is 4.82. The molecular weight excluding hydrogens is 214 g/mol. The molecule has 0 aliphatic rings. The number of aromatic amines is 1. The van der Waals surface area contributed by atoms with E-state index in [1.807, 2.05) is 19.1 Å². The monoisotopic (exact) mass is 229 g/mol. The maximum absolute atomic E-state index is 11.7. The second-order valence-corrected chi connectivity index (χ2v) is 3.77. The van der Waals surface area contributed by atoms with Gasteiger partial charge in [-0.05, 0) is 18.2 Å². The summed E-state index contributed by atoms with van der Waals surface area (Å²) in [7, 11) is 0. The smallest absolute Gasteiger partial charge is 0.251 e. The number of fused-ring (bicyclic) bond motifs is 1. The Hall–Kier alpha value is -2.10. The molecule has 1 aromatic carbocycles. The van der Waals surface area contributed by atoms with Gasteiger partial charge in [-0.2, -0.15) is 0 Å². The Morgan fingerprint density at radius 1 is 1.59 bits per heavy atom. The molecule has 0 aliphatic heterocycles. The predicted octanol–water partition coefficient (Wildman–Crippen LogP) is 2.04. The van der Waals surface area contributed by atoms with E-state index < -0.39 is 0 Å². The van der Waals surface area contributed by atoms with Crippen molar-refractivity contribution in [2.75, 3.05) is 6.54 Å². The number of nitrogens with one attached hydrogen (secondary N) is 2. The quantitative estimate of drug-likeness (QED) is 0.788. The fourth-order valence-electron chi connectivity index (χ4n) is 1.64. The van der Waals surface area contributed by atoms with Crippen LogP contribution in [0.15, 0.2) is 30.9 Å². The first-order valence-corrected chi connectivity index (χ1v) is 5.62. The van der Waals surface area contributed by atoms with E-state index in [9.17, 15) is 4.79 Å². The Balaban J connectivity index is 2.30. The van der Waals surface area contributed by atoms with Gasteiger partial charge in [0.1, 0.15) is 5.82 Å². The molecular formula is C13H15N3O. The van der Waals surface area contributed by atoms with Crippen LogP contribution in [-0.4, -0.2) is 22.4 Å². The number of imidazole rings is 1. The van der Waals surface area contributed by atoms with Crippen LogP contribution in [-0.2, 0) is 6.42 Å². The average Bonchev–Trinajstić information content (AvgIpc) is 2.77. The van der Waals surface area contributed by atoms with E-state index in [-0.39, 0.29) is 5.91 Å². The highest BCUT2D eigenvalue weighted by atomic mass is 16.1. The van der Waals surface area contributed by atoms with Crippen LogP contribution in [0.5, 0.6) is 0 Å². The normalized spacial score (nSPS) is 10.4. The summed E-state index contributed by atoms with van der Waals surface area (Å²) in [4.78, 5) is 19.3. The van der Waals surface area contributed by atoms with Gasteiger partial charge in [-0.25, -0.2) is 4.98 Å². The van der Waals surface area contributed by atoms with Gasteiger partial charge in [0, 0.05) is 18.5 Å². The predicted molar refractivity (Wildman–Crippen MR) is 68.0 cm³/mol. The van der Waals surface area contributed by atoms with Crippen molar-refractivity contribution in [1.29, 1.82) is 0 Å². The van der Waals surface area contributed by atoms with Gasteiger partial charge in [0.15, 0.2) is 0 Å². The number of aromatic nitrogens is 2. The lowest BCUT2D eigenvalue weighted by Gasteiger charge is -2.01. The molecule has 4 heteroatoms. The highest BCUT2D eigenvalue weighted by molar-refractivity contribution is 5.97. The lowest BCUT2D eigenvalue weighted by atomic mass is 10.2. The molecule has 2 N–H and O–H groups in total. The maximum Gasteiger partial charge on any atom is 0.251 e. The standard InChI is InChI=1S/C13H15N3O/c1-3-7-14-13(17)9-5-6-10-11(8-9)16-12(4-2)15-10/h3,5-6,8H,1,4,7H2,2H3,(H,14,17)(H,15,16). The van der Waals surface area contributed by atoms with Gasteiger partial charge in [0.05, 0.1) is 11.0 Å². The van der Waals surface area contributed by atoms with E-state index in [0.717, 1.165) is 23.3 Å². The Morgan fingerprint density at radius 2 is 2.41 bits per heavy atom. The summed E-state index contributed by atoms with van der Waals surface area (Å²) in [6.07, 6.45) is 2.51. The van der Waals surface area contributed by atoms with Crippen molar-refractivity contribution in [3.63, 3.8) is 0 Å². The minimum atomic E-state index is -0.0977. The molecule has 1 aromatic heterocycles. The number of amides is 1. The lowest BCUT2D eigenvalue weighted by Crippen LogP contribution is -2.22. The molecule has 1 amide bonds. The van der Waals surface area contributed by atoms with E-state index in [4.69, 9.17) is 0 Å². The number of benzene rings is 1. The van der Waals surface area contributed by atoms with Crippen LogP contribution in [0.25, 0.3) is 11.0 Å². The number of nitrogens with zero attached hydrogens (tertiary/aromatic N) is 1. The van der Waals surface area contributed by atoms with Crippen molar-refractivity contribution in [3.05, 3.63) is 42.2 Å². The van der Waals surface area contributed by atoms with Crippen LogP contribution in [0.1, 0.15) is 23.1 Å². The highest BCUT2D eigenvalue weighted by Crippen LogP contribution is 2.14. The fraction of sp³-hybridized carbons (Fsp3) is 0.231. The minimum Gasteiger partial charge on any atom is -0.349 e. The van der Waals surface area contributed by atoms with E-state index in [1.165, 1.54) is 0 Å². The van der Waals surface area contributed by atoms with Gasteiger partial charge in [-0.3, -0.25) is 4.79 Å². The molecule has 0 saturated heterocycles. The molecule has 0 unspecified atom stereocenters. The number of carbonyl (C=O) groups excluding carboxylic acids is 1. The molecule has 17 heavy (non-hydrogen) atoms. The highest BCUT2D eigenvalue weighted by Gasteiger charge is 2.07. The largest absolute Gasteiger partial charge is 0.349 e. The van der Waals surface area contributed by atoms with E-state index >= 15 is 0 Å². The number of aryl methyl sites for hydroxylation is 1. The summed E-state index contributed by atoms with van der Waals surface area (Å²) in [6, 6.07) is 5.45. The number of hydrogen-bond acceptors (Lipinski definition) is 2. The zero-order valence-electron chi connectivity index (χ0n) is 9.79. The number of rotatable bonds is 4. The molecule has 0 aliphatic carbocycles. The SMILES string of the molecule is C=CCNC(=O)c1ccc2nc(CC)[nH]c2c1. The molecule has 88 valence electrons. The van der Waals surface area contributed by atoms with Crippen molar-refractivity contribution in [3.8, 4) is 0 Å². The third-order valence-corrected chi connectivity index (χ3v) is 2.53. The molecule has 2 aromatic rings. The molecule has 1 heterocycles. The number of carbonyl (C=O) groups is 1. The summed E-state index contributed by atoms with van der Waals surface area (Å²) >= 11 is 0. The van der Waals surface area contributed by atoms with E-state index in [0.29, 0.717) is 12.1 Å². The van der Waals surface area contributed by atoms with Crippen LogP contribution in [0, 0.1) is 0 Å². The molecule has 0 spiro atoms. The van der Waals surface area contributed by atoms with Crippen molar-refractivity contribution >= 4 is 16.9 Å².